The standard InChI is InChI=1S/C23H25FN2/c1-15-5-10-22-20(13-15)21-14-25(4)12-11-23(21)26(22)17(3)16(2)18-6-8-19(24)9-7-18/h5-10,13H,11-12,14H2,1-4H3/b17-16+. The van der Waals surface area contributed by atoms with Crippen LogP contribution in [-0.2, 0) is 13.0 Å². The molecule has 0 N–H and O–H groups in total. The van der Waals surface area contributed by atoms with Crippen molar-refractivity contribution in [3.63, 3.8) is 0 Å². The van der Waals surface area contributed by atoms with Crippen molar-refractivity contribution in [2.75, 3.05) is 13.6 Å². The third kappa shape index (κ3) is 2.77. The SMILES string of the molecule is C/C(=C(/C)n1c2c(c3cc(C)ccc31)CN(C)CC2)c1ccc(F)cc1. The quantitative estimate of drug-likeness (QED) is 0.595. The van der Waals surface area contributed by atoms with Crippen molar-refractivity contribution in [2.24, 2.45) is 0 Å². The molecule has 3 aromatic rings. The second-order valence-corrected chi connectivity index (χ2v) is 7.49. The van der Waals surface area contributed by atoms with Gasteiger partial charge < -0.3 is 9.47 Å². The van der Waals surface area contributed by atoms with E-state index in [4.69, 9.17) is 0 Å². The molecule has 0 atom stereocenters. The lowest BCUT2D eigenvalue weighted by molar-refractivity contribution is 0.311. The van der Waals surface area contributed by atoms with E-state index < -0.39 is 0 Å². The maximum Gasteiger partial charge on any atom is 0.123 e. The van der Waals surface area contributed by atoms with Crippen LogP contribution in [0.1, 0.15) is 36.2 Å². The Morgan fingerprint density at radius 2 is 1.77 bits per heavy atom. The molecule has 0 saturated heterocycles. The van der Waals surface area contributed by atoms with Crippen LogP contribution in [0.5, 0.6) is 0 Å². The van der Waals surface area contributed by atoms with Crippen LogP contribution in [0.4, 0.5) is 4.39 Å². The van der Waals surface area contributed by atoms with Gasteiger partial charge in [0.25, 0.3) is 0 Å². The monoisotopic (exact) mass is 348 g/mol. The van der Waals surface area contributed by atoms with E-state index in [-0.39, 0.29) is 5.82 Å². The number of fused-ring (bicyclic) bond motifs is 3. The molecule has 0 aliphatic carbocycles. The normalized spacial score (nSPS) is 15.9. The maximum absolute atomic E-state index is 13.3. The number of aromatic nitrogens is 1. The van der Waals surface area contributed by atoms with Gasteiger partial charge >= 0.3 is 0 Å². The van der Waals surface area contributed by atoms with Gasteiger partial charge in [0.1, 0.15) is 5.82 Å². The molecule has 1 aliphatic rings. The minimum Gasteiger partial charge on any atom is -0.317 e. The largest absolute Gasteiger partial charge is 0.317 e. The van der Waals surface area contributed by atoms with Gasteiger partial charge in [0.2, 0.25) is 0 Å². The molecule has 0 fully saturated rings. The Hall–Kier alpha value is -2.39. The molecule has 134 valence electrons. The summed E-state index contributed by atoms with van der Waals surface area (Å²) in [6.45, 7) is 8.53. The summed E-state index contributed by atoms with van der Waals surface area (Å²) in [7, 11) is 2.19. The average Bonchev–Trinajstić information content (AvgIpc) is 2.94. The maximum atomic E-state index is 13.3. The van der Waals surface area contributed by atoms with E-state index in [1.165, 1.54) is 51.1 Å². The summed E-state index contributed by atoms with van der Waals surface area (Å²) in [5, 5.41) is 1.36. The number of aryl methyl sites for hydroxylation is 1. The molecule has 2 aromatic carbocycles. The van der Waals surface area contributed by atoms with Crippen LogP contribution in [-0.4, -0.2) is 23.1 Å². The van der Waals surface area contributed by atoms with Crippen molar-refractivity contribution in [1.82, 2.24) is 9.47 Å². The molecule has 3 heteroatoms. The van der Waals surface area contributed by atoms with Gasteiger partial charge in [-0.15, -0.1) is 0 Å². The van der Waals surface area contributed by atoms with E-state index in [1.54, 1.807) is 0 Å². The topological polar surface area (TPSA) is 8.17 Å². The zero-order valence-corrected chi connectivity index (χ0v) is 15.9. The van der Waals surface area contributed by atoms with Crippen molar-refractivity contribution >= 4 is 22.2 Å². The summed E-state index contributed by atoms with van der Waals surface area (Å²) in [4.78, 5) is 2.39. The first kappa shape index (κ1) is 17.0. The zero-order chi connectivity index (χ0) is 18.4. The first-order valence-electron chi connectivity index (χ1n) is 9.21. The van der Waals surface area contributed by atoms with E-state index in [9.17, 15) is 4.39 Å². The van der Waals surface area contributed by atoms with Gasteiger partial charge in [-0.3, -0.25) is 0 Å². The second kappa shape index (κ2) is 6.40. The summed E-state index contributed by atoms with van der Waals surface area (Å²) >= 11 is 0. The zero-order valence-electron chi connectivity index (χ0n) is 15.9. The highest BCUT2D eigenvalue weighted by atomic mass is 19.1. The fraction of sp³-hybridized carbons (Fsp3) is 0.304. The first-order chi connectivity index (χ1) is 12.5. The highest BCUT2D eigenvalue weighted by Crippen LogP contribution is 2.35. The van der Waals surface area contributed by atoms with E-state index in [2.05, 4.69) is 55.5 Å². The molecule has 0 amide bonds. The molecule has 1 aliphatic heterocycles. The van der Waals surface area contributed by atoms with Gasteiger partial charge in [0.05, 0.1) is 5.52 Å². The third-order valence-electron chi connectivity index (χ3n) is 5.65. The molecule has 2 nitrogen and oxygen atoms in total. The smallest absolute Gasteiger partial charge is 0.123 e. The van der Waals surface area contributed by atoms with Crippen LogP contribution in [0.3, 0.4) is 0 Å². The minimum atomic E-state index is -0.193. The van der Waals surface area contributed by atoms with E-state index in [0.717, 1.165) is 25.1 Å². The van der Waals surface area contributed by atoms with Crippen molar-refractivity contribution in [3.8, 4) is 0 Å². The van der Waals surface area contributed by atoms with Crippen LogP contribution < -0.4 is 0 Å². The van der Waals surface area contributed by atoms with Gasteiger partial charge in [0.15, 0.2) is 0 Å². The summed E-state index contributed by atoms with van der Waals surface area (Å²) in [5.41, 5.74) is 8.91. The van der Waals surface area contributed by atoms with Crippen molar-refractivity contribution in [1.29, 1.82) is 0 Å². The van der Waals surface area contributed by atoms with Gasteiger partial charge in [-0.2, -0.15) is 0 Å². The van der Waals surface area contributed by atoms with Gasteiger partial charge in [-0.25, -0.2) is 4.39 Å². The first-order valence-corrected chi connectivity index (χ1v) is 9.21. The van der Waals surface area contributed by atoms with Crippen LogP contribution >= 0.6 is 0 Å². The number of likely N-dealkylation sites (N-methyl/N-ethyl adjacent to an activating group) is 1. The lowest BCUT2D eigenvalue weighted by Gasteiger charge is -2.25. The number of hydrogen-bond acceptors (Lipinski definition) is 1. The molecule has 0 saturated carbocycles. The molecule has 0 spiro atoms. The highest BCUT2D eigenvalue weighted by Gasteiger charge is 2.23. The number of halogens is 1. The fourth-order valence-corrected chi connectivity index (χ4v) is 4.07. The average molecular weight is 348 g/mol. The Labute approximate surface area is 154 Å². The van der Waals surface area contributed by atoms with Crippen LogP contribution in [0.15, 0.2) is 42.5 Å². The summed E-state index contributed by atoms with van der Waals surface area (Å²) in [5.74, 6) is -0.193. The number of allylic oxidation sites excluding steroid dienone is 2. The predicted octanol–water partition coefficient (Wildman–Crippen LogP) is 5.48. The van der Waals surface area contributed by atoms with Gasteiger partial charge in [0, 0.05) is 36.3 Å². The highest BCUT2D eigenvalue weighted by molar-refractivity contribution is 5.93. The summed E-state index contributed by atoms with van der Waals surface area (Å²) in [6.07, 6.45) is 1.05. The molecular weight excluding hydrogens is 323 g/mol. The van der Waals surface area contributed by atoms with Crippen LogP contribution in [0.25, 0.3) is 22.2 Å². The van der Waals surface area contributed by atoms with Crippen molar-refractivity contribution in [3.05, 3.63) is 70.7 Å². The number of hydrogen-bond donors (Lipinski definition) is 0. The van der Waals surface area contributed by atoms with E-state index in [0.29, 0.717) is 0 Å². The Bertz CT molecular complexity index is 1010. The Morgan fingerprint density at radius 3 is 2.50 bits per heavy atom. The molecule has 0 radical (unpaired) electrons. The van der Waals surface area contributed by atoms with Gasteiger partial charge in [-0.1, -0.05) is 23.8 Å². The van der Waals surface area contributed by atoms with Crippen LogP contribution in [0.2, 0.25) is 0 Å². The number of benzene rings is 2. The lowest BCUT2D eigenvalue weighted by atomic mass is 10.0. The predicted molar refractivity (Wildman–Crippen MR) is 108 cm³/mol. The van der Waals surface area contributed by atoms with Crippen molar-refractivity contribution < 1.29 is 4.39 Å². The fourth-order valence-electron chi connectivity index (χ4n) is 4.07. The van der Waals surface area contributed by atoms with E-state index in [1.807, 2.05) is 12.1 Å². The molecule has 2 heterocycles. The third-order valence-corrected chi connectivity index (χ3v) is 5.65. The molecule has 0 bridgehead atoms. The molecular formula is C23H25FN2. The van der Waals surface area contributed by atoms with Crippen LogP contribution in [0, 0.1) is 12.7 Å². The minimum absolute atomic E-state index is 0.193. The Balaban J connectivity index is 1.96. The second-order valence-electron chi connectivity index (χ2n) is 7.49. The Kier molecular flexibility index (Phi) is 4.20. The molecule has 1 aromatic heterocycles. The molecule has 0 unspecified atom stereocenters. The summed E-state index contributed by atoms with van der Waals surface area (Å²) in [6, 6.07) is 13.5. The van der Waals surface area contributed by atoms with E-state index >= 15 is 0 Å². The Morgan fingerprint density at radius 1 is 1.04 bits per heavy atom. The molecule has 4 rings (SSSR count). The number of nitrogens with zero attached hydrogens (tertiary/aromatic N) is 2. The molecule has 26 heavy (non-hydrogen) atoms. The summed E-state index contributed by atoms with van der Waals surface area (Å²) < 4.78 is 15.7. The number of rotatable bonds is 2. The van der Waals surface area contributed by atoms with Gasteiger partial charge in [-0.05, 0) is 68.8 Å². The van der Waals surface area contributed by atoms with Crippen molar-refractivity contribution in [2.45, 2.75) is 33.7 Å². The lowest BCUT2D eigenvalue weighted by Crippen LogP contribution is -2.27.